The van der Waals surface area contributed by atoms with Crippen LogP contribution in [0, 0.1) is 0 Å². The van der Waals surface area contributed by atoms with Gasteiger partial charge >= 0.3 is 0 Å². The van der Waals surface area contributed by atoms with Gasteiger partial charge < -0.3 is 20.1 Å². The van der Waals surface area contributed by atoms with Crippen molar-refractivity contribution in [3.63, 3.8) is 0 Å². The second kappa shape index (κ2) is 4.74. The van der Waals surface area contributed by atoms with Crippen molar-refractivity contribution >= 4 is 22.9 Å². The van der Waals surface area contributed by atoms with Crippen molar-refractivity contribution in [3.05, 3.63) is 17.3 Å². The van der Waals surface area contributed by atoms with Crippen LogP contribution in [0.4, 0.5) is 5.69 Å². The highest BCUT2D eigenvalue weighted by Crippen LogP contribution is 2.50. The zero-order chi connectivity index (χ0) is 14.4. The number of ether oxygens (including phenoxy) is 1. The van der Waals surface area contributed by atoms with E-state index in [0.29, 0.717) is 24.6 Å². The van der Waals surface area contributed by atoms with E-state index in [1.165, 1.54) is 11.3 Å². The quantitative estimate of drug-likeness (QED) is 0.749. The van der Waals surface area contributed by atoms with Gasteiger partial charge in [0, 0.05) is 18.3 Å². The molecule has 110 valence electrons. The minimum Gasteiger partial charge on any atom is -0.488 e. The van der Waals surface area contributed by atoms with Gasteiger partial charge in [0.05, 0.1) is 30.3 Å². The van der Waals surface area contributed by atoms with Crippen LogP contribution in [0.1, 0.15) is 9.67 Å². The van der Waals surface area contributed by atoms with Crippen molar-refractivity contribution in [2.45, 2.75) is 6.04 Å². The van der Waals surface area contributed by atoms with Crippen LogP contribution in [-0.2, 0) is 0 Å². The average molecular weight is 306 g/mol. The summed E-state index contributed by atoms with van der Waals surface area (Å²) in [7, 11) is 0. The predicted molar refractivity (Wildman–Crippen MR) is 77.9 cm³/mol. The first-order valence-electron chi connectivity index (χ1n) is 6.74. The SMILES string of the molecule is O=C1NC[C@@H](CO)N2CCOc3c(-c4cn[nH]c4)sc1c32. The van der Waals surface area contributed by atoms with Gasteiger partial charge in [-0.05, 0) is 0 Å². The molecule has 2 aliphatic heterocycles. The van der Waals surface area contributed by atoms with E-state index in [0.717, 1.165) is 21.9 Å². The number of nitrogens with one attached hydrogen (secondary N) is 2. The molecule has 4 rings (SSSR count). The lowest BCUT2D eigenvalue weighted by molar-refractivity contribution is 0.0956. The second-order valence-corrected chi connectivity index (χ2v) is 6.03. The molecule has 0 saturated heterocycles. The Morgan fingerprint density at radius 1 is 1.52 bits per heavy atom. The Kier molecular flexibility index (Phi) is 2.86. The van der Waals surface area contributed by atoms with E-state index < -0.39 is 0 Å². The minimum absolute atomic E-state index is 0.00392. The molecule has 0 aliphatic carbocycles. The third-order valence-electron chi connectivity index (χ3n) is 3.82. The maximum absolute atomic E-state index is 12.3. The summed E-state index contributed by atoms with van der Waals surface area (Å²) < 4.78 is 5.83. The average Bonchev–Trinajstić information content (AvgIpc) is 3.11. The molecule has 4 heterocycles. The summed E-state index contributed by atoms with van der Waals surface area (Å²) in [5.41, 5.74) is 1.70. The van der Waals surface area contributed by atoms with E-state index in [-0.39, 0.29) is 18.6 Å². The molecule has 2 aromatic heterocycles. The normalized spacial score (nSPS) is 20.5. The Bertz CT molecular complexity index is 682. The van der Waals surface area contributed by atoms with E-state index >= 15 is 0 Å². The second-order valence-electron chi connectivity index (χ2n) is 5.01. The van der Waals surface area contributed by atoms with Crippen LogP contribution in [0.3, 0.4) is 0 Å². The zero-order valence-electron chi connectivity index (χ0n) is 11.1. The van der Waals surface area contributed by atoms with Crippen molar-refractivity contribution in [3.8, 4) is 16.2 Å². The van der Waals surface area contributed by atoms with Gasteiger partial charge in [0.1, 0.15) is 17.2 Å². The maximum Gasteiger partial charge on any atom is 0.263 e. The number of aromatic nitrogens is 2. The molecule has 0 unspecified atom stereocenters. The first-order chi connectivity index (χ1) is 10.3. The van der Waals surface area contributed by atoms with Crippen LogP contribution in [0.15, 0.2) is 12.4 Å². The maximum atomic E-state index is 12.3. The Morgan fingerprint density at radius 2 is 2.43 bits per heavy atom. The van der Waals surface area contributed by atoms with Gasteiger partial charge in [-0.25, -0.2) is 0 Å². The number of H-pyrrole nitrogens is 1. The Balaban J connectivity index is 1.92. The fourth-order valence-corrected chi connectivity index (χ4v) is 3.96. The lowest BCUT2D eigenvalue weighted by atomic mass is 10.1. The van der Waals surface area contributed by atoms with Gasteiger partial charge in [0.2, 0.25) is 0 Å². The van der Waals surface area contributed by atoms with E-state index in [2.05, 4.69) is 20.4 Å². The van der Waals surface area contributed by atoms with Gasteiger partial charge in [-0.2, -0.15) is 5.10 Å². The highest BCUT2D eigenvalue weighted by Gasteiger charge is 2.37. The smallest absolute Gasteiger partial charge is 0.263 e. The number of carbonyl (C=O) groups is 1. The predicted octanol–water partition coefficient (Wildman–Crippen LogP) is 0.441. The van der Waals surface area contributed by atoms with Crippen molar-refractivity contribution in [1.82, 2.24) is 15.5 Å². The van der Waals surface area contributed by atoms with Crippen LogP contribution in [-0.4, -0.2) is 53.6 Å². The summed E-state index contributed by atoms with van der Waals surface area (Å²) in [5, 5.41) is 19.2. The van der Waals surface area contributed by atoms with Gasteiger partial charge in [-0.15, -0.1) is 11.3 Å². The Morgan fingerprint density at radius 3 is 3.19 bits per heavy atom. The molecule has 2 aromatic rings. The highest BCUT2D eigenvalue weighted by atomic mass is 32.1. The number of nitrogens with zero attached hydrogens (tertiary/aromatic N) is 2. The van der Waals surface area contributed by atoms with Gasteiger partial charge in [0.25, 0.3) is 5.91 Å². The minimum atomic E-state index is -0.121. The lowest BCUT2D eigenvalue weighted by Crippen LogP contribution is -2.46. The number of amides is 1. The molecular weight excluding hydrogens is 292 g/mol. The summed E-state index contributed by atoms with van der Waals surface area (Å²) in [6.45, 7) is 1.65. The number of carbonyl (C=O) groups excluding carboxylic acids is 1. The van der Waals surface area contributed by atoms with E-state index in [1.807, 2.05) is 0 Å². The molecule has 0 radical (unpaired) electrons. The summed E-state index contributed by atoms with van der Waals surface area (Å²) in [6, 6.07) is -0.121. The fraction of sp³-hybridized carbons (Fsp3) is 0.385. The highest BCUT2D eigenvalue weighted by molar-refractivity contribution is 7.18. The van der Waals surface area contributed by atoms with E-state index in [1.54, 1.807) is 12.4 Å². The molecule has 0 fully saturated rings. The third kappa shape index (κ3) is 1.83. The molecule has 21 heavy (non-hydrogen) atoms. The third-order valence-corrected chi connectivity index (χ3v) is 5.03. The monoisotopic (exact) mass is 306 g/mol. The van der Waals surface area contributed by atoms with Gasteiger partial charge in [0.15, 0.2) is 5.75 Å². The standard InChI is InChI=1S/C13H14N4O3S/c18-6-8-5-14-13(19)12-9-10(20-2-1-17(8)9)11(21-12)7-3-15-16-4-7/h3-4,8,18H,1-2,5-6H2,(H,14,19)(H,15,16)/t8-/m0/s1. The molecule has 0 saturated carbocycles. The summed E-state index contributed by atoms with van der Waals surface area (Å²) in [4.78, 5) is 15.9. The molecule has 2 aliphatic rings. The largest absolute Gasteiger partial charge is 0.488 e. The first-order valence-corrected chi connectivity index (χ1v) is 7.55. The molecule has 0 aromatic carbocycles. The molecule has 8 heteroatoms. The number of aliphatic hydroxyl groups excluding tert-OH is 1. The molecule has 7 nitrogen and oxygen atoms in total. The summed E-state index contributed by atoms with van der Waals surface area (Å²) >= 11 is 1.40. The van der Waals surface area contributed by atoms with Crippen molar-refractivity contribution in [1.29, 1.82) is 0 Å². The molecule has 0 bridgehead atoms. The number of anilines is 1. The molecule has 1 amide bonds. The first kappa shape index (κ1) is 12.7. The Labute approximate surface area is 124 Å². The number of hydrogen-bond acceptors (Lipinski definition) is 6. The van der Waals surface area contributed by atoms with Crippen molar-refractivity contribution in [2.24, 2.45) is 0 Å². The van der Waals surface area contributed by atoms with Crippen LogP contribution >= 0.6 is 11.3 Å². The summed E-state index contributed by atoms with van der Waals surface area (Å²) in [6.07, 6.45) is 3.50. The molecule has 3 N–H and O–H groups in total. The number of aromatic amines is 1. The summed E-state index contributed by atoms with van der Waals surface area (Å²) in [5.74, 6) is 0.607. The van der Waals surface area contributed by atoms with Crippen molar-refractivity contribution < 1.29 is 14.6 Å². The van der Waals surface area contributed by atoms with Crippen LogP contribution in [0.5, 0.6) is 5.75 Å². The molecule has 1 atom stereocenters. The number of hydrogen-bond donors (Lipinski definition) is 3. The van der Waals surface area contributed by atoms with Gasteiger partial charge in [-0.3, -0.25) is 9.89 Å². The molecule has 0 spiro atoms. The number of rotatable bonds is 2. The van der Waals surface area contributed by atoms with E-state index in [9.17, 15) is 9.90 Å². The Hall–Kier alpha value is -2.06. The lowest BCUT2D eigenvalue weighted by Gasteiger charge is -2.34. The van der Waals surface area contributed by atoms with Crippen LogP contribution in [0.2, 0.25) is 0 Å². The van der Waals surface area contributed by atoms with Crippen molar-refractivity contribution in [2.75, 3.05) is 31.2 Å². The van der Waals surface area contributed by atoms with Gasteiger partial charge in [-0.1, -0.05) is 0 Å². The van der Waals surface area contributed by atoms with Crippen LogP contribution < -0.4 is 15.0 Å². The fourth-order valence-electron chi connectivity index (χ4n) is 2.81. The molecular formula is C13H14N4O3S. The van der Waals surface area contributed by atoms with Crippen LogP contribution in [0.25, 0.3) is 10.4 Å². The topological polar surface area (TPSA) is 90.5 Å². The number of aliphatic hydroxyl groups is 1. The zero-order valence-corrected chi connectivity index (χ0v) is 11.9. The number of thiophene rings is 1. The van der Waals surface area contributed by atoms with E-state index in [4.69, 9.17) is 4.74 Å².